The molecule has 1 heterocycles. The second-order valence-corrected chi connectivity index (χ2v) is 5.20. The van der Waals surface area contributed by atoms with Gasteiger partial charge in [0, 0.05) is 19.5 Å². The van der Waals surface area contributed by atoms with Gasteiger partial charge in [0.25, 0.3) is 5.91 Å². The fourth-order valence-electron chi connectivity index (χ4n) is 1.92. The lowest BCUT2D eigenvalue weighted by Crippen LogP contribution is -2.34. The lowest BCUT2D eigenvalue weighted by molar-refractivity contribution is -0.143. The predicted molar refractivity (Wildman–Crippen MR) is 72.6 cm³/mol. The molecular weight excluding hydrogens is 276 g/mol. The van der Waals surface area contributed by atoms with Crippen molar-refractivity contribution in [2.45, 2.75) is 25.7 Å². The number of carbonyl (C=O) groups excluding carboxylic acids is 2. The summed E-state index contributed by atoms with van der Waals surface area (Å²) in [6.07, 6.45) is 3.37. The molecule has 0 bridgehead atoms. The third-order valence-electron chi connectivity index (χ3n) is 3.54. The van der Waals surface area contributed by atoms with E-state index >= 15 is 0 Å². The van der Waals surface area contributed by atoms with Crippen molar-refractivity contribution in [2.24, 2.45) is 5.41 Å². The van der Waals surface area contributed by atoms with Crippen LogP contribution in [0.2, 0.25) is 0 Å². The zero-order valence-electron chi connectivity index (χ0n) is 11.6. The smallest absolute Gasteiger partial charge is 0.311 e. The van der Waals surface area contributed by atoms with E-state index in [1.54, 1.807) is 12.1 Å². The number of aliphatic carboxylic acids is 1. The van der Waals surface area contributed by atoms with Crippen LogP contribution in [0.1, 0.15) is 36.2 Å². The number of rotatable bonds is 8. The molecule has 7 heteroatoms. The van der Waals surface area contributed by atoms with E-state index < -0.39 is 11.4 Å². The summed E-state index contributed by atoms with van der Waals surface area (Å²) in [5.74, 6) is -1.14. The van der Waals surface area contributed by atoms with Gasteiger partial charge in [-0.05, 0) is 31.4 Å². The van der Waals surface area contributed by atoms with Crippen LogP contribution in [0.4, 0.5) is 0 Å². The topological polar surface area (TPSA) is 109 Å². The third-order valence-corrected chi connectivity index (χ3v) is 3.54. The number of carboxylic acids is 1. The Labute approximate surface area is 121 Å². The molecule has 0 aromatic carbocycles. The van der Waals surface area contributed by atoms with Gasteiger partial charge in [-0.1, -0.05) is 0 Å². The van der Waals surface area contributed by atoms with Crippen molar-refractivity contribution >= 4 is 17.8 Å². The molecule has 0 saturated heterocycles. The average Bonchev–Trinajstić information content (AvgIpc) is 3.06. The molecule has 0 radical (unpaired) electrons. The van der Waals surface area contributed by atoms with E-state index in [1.807, 2.05) is 0 Å². The van der Waals surface area contributed by atoms with Gasteiger partial charge in [-0.25, -0.2) is 0 Å². The fourth-order valence-corrected chi connectivity index (χ4v) is 1.92. The third kappa shape index (κ3) is 4.08. The molecule has 1 aromatic heterocycles. The summed E-state index contributed by atoms with van der Waals surface area (Å²) >= 11 is 0. The van der Waals surface area contributed by atoms with E-state index in [-0.39, 0.29) is 30.5 Å². The van der Waals surface area contributed by atoms with Gasteiger partial charge < -0.3 is 20.2 Å². The molecule has 7 nitrogen and oxygen atoms in total. The second-order valence-electron chi connectivity index (χ2n) is 5.20. The standard InChI is InChI=1S/C14H18N2O5/c17-11(16-9-14(5-6-14)13(19)20)4-1-7-15-12(18)10-3-2-8-21-10/h2-3,8H,1,4-7,9H2,(H,15,18)(H,16,17)(H,19,20). The summed E-state index contributed by atoms with van der Waals surface area (Å²) in [6, 6.07) is 3.18. The van der Waals surface area contributed by atoms with Crippen LogP contribution in [0, 0.1) is 5.41 Å². The lowest BCUT2D eigenvalue weighted by Gasteiger charge is -2.11. The van der Waals surface area contributed by atoms with Gasteiger partial charge >= 0.3 is 5.97 Å². The van der Waals surface area contributed by atoms with Gasteiger partial charge in [0.1, 0.15) is 0 Å². The van der Waals surface area contributed by atoms with Crippen LogP contribution in [0.3, 0.4) is 0 Å². The number of amides is 2. The van der Waals surface area contributed by atoms with Crippen LogP contribution in [0.25, 0.3) is 0 Å². The van der Waals surface area contributed by atoms with Crippen LogP contribution < -0.4 is 10.6 Å². The van der Waals surface area contributed by atoms with E-state index in [9.17, 15) is 14.4 Å². The van der Waals surface area contributed by atoms with E-state index in [0.717, 1.165) is 0 Å². The second kappa shape index (κ2) is 6.43. The van der Waals surface area contributed by atoms with Crippen LogP contribution in [-0.2, 0) is 9.59 Å². The molecule has 2 amide bonds. The quantitative estimate of drug-likeness (QED) is 0.614. The Morgan fingerprint density at radius 3 is 2.62 bits per heavy atom. The molecule has 21 heavy (non-hydrogen) atoms. The Balaban J connectivity index is 1.57. The first kappa shape index (κ1) is 15.1. The number of hydrogen-bond donors (Lipinski definition) is 3. The maximum absolute atomic E-state index is 11.6. The van der Waals surface area contributed by atoms with Gasteiger partial charge in [0.15, 0.2) is 5.76 Å². The van der Waals surface area contributed by atoms with E-state index in [2.05, 4.69) is 10.6 Å². The van der Waals surface area contributed by atoms with Crippen molar-refractivity contribution < 1.29 is 23.9 Å². The molecule has 1 aromatic rings. The summed E-state index contributed by atoms with van der Waals surface area (Å²) in [4.78, 5) is 34.0. The maximum Gasteiger partial charge on any atom is 0.311 e. The Morgan fingerprint density at radius 2 is 2.05 bits per heavy atom. The number of hydrogen-bond acceptors (Lipinski definition) is 4. The summed E-state index contributed by atoms with van der Waals surface area (Å²) in [7, 11) is 0. The predicted octanol–water partition coefficient (Wildman–Crippen LogP) is 0.771. The highest BCUT2D eigenvalue weighted by molar-refractivity contribution is 5.91. The SMILES string of the molecule is O=C(CCCNC(=O)c1ccco1)NCC1(C(=O)O)CC1. The van der Waals surface area contributed by atoms with Crippen LogP contribution >= 0.6 is 0 Å². The molecule has 0 aliphatic heterocycles. The molecule has 0 atom stereocenters. The van der Waals surface area contributed by atoms with Crippen molar-refractivity contribution in [3.63, 3.8) is 0 Å². The largest absolute Gasteiger partial charge is 0.481 e. The van der Waals surface area contributed by atoms with Crippen LogP contribution in [0.5, 0.6) is 0 Å². The monoisotopic (exact) mass is 294 g/mol. The number of nitrogens with one attached hydrogen (secondary N) is 2. The number of furan rings is 1. The normalized spacial score (nSPS) is 15.2. The van der Waals surface area contributed by atoms with Gasteiger partial charge in [-0.2, -0.15) is 0 Å². The van der Waals surface area contributed by atoms with Crippen molar-refractivity contribution in [3.05, 3.63) is 24.2 Å². The summed E-state index contributed by atoms with van der Waals surface area (Å²) in [5, 5.41) is 14.2. The lowest BCUT2D eigenvalue weighted by atomic mass is 10.1. The Kier molecular flexibility index (Phi) is 4.62. The minimum absolute atomic E-state index is 0.180. The molecule has 114 valence electrons. The van der Waals surface area contributed by atoms with E-state index in [0.29, 0.717) is 25.8 Å². The maximum atomic E-state index is 11.6. The van der Waals surface area contributed by atoms with Crippen molar-refractivity contribution in [3.8, 4) is 0 Å². The summed E-state index contributed by atoms with van der Waals surface area (Å²) < 4.78 is 4.93. The number of carboxylic acid groups (broad SMARTS) is 1. The minimum Gasteiger partial charge on any atom is -0.481 e. The van der Waals surface area contributed by atoms with E-state index in [4.69, 9.17) is 9.52 Å². The summed E-state index contributed by atoms with van der Waals surface area (Å²) in [5.41, 5.74) is -0.747. The fraction of sp³-hybridized carbons (Fsp3) is 0.500. The van der Waals surface area contributed by atoms with Crippen LogP contribution in [0.15, 0.2) is 22.8 Å². The summed E-state index contributed by atoms with van der Waals surface area (Å²) in [6.45, 7) is 0.539. The van der Waals surface area contributed by atoms with Crippen LogP contribution in [-0.4, -0.2) is 36.0 Å². The van der Waals surface area contributed by atoms with Crippen molar-refractivity contribution in [2.75, 3.05) is 13.1 Å². The molecular formula is C14H18N2O5. The van der Waals surface area contributed by atoms with Crippen molar-refractivity contribution in [1.29, 1.82) is 0 Å². The molecule has 1 saturated carbocycles. The minimum atomic E-state index is -0.853. The Hall–Kier alpha value is -2.31. The first-order chi connectivity index (χ1) is 10.0. The highest BCUT2D eigenvalue weighted by Gasteiger charge is 2.50. The highest BCUT2D eigenvalue weighted by Crippen LogP contribution is 2.45. The molecule has 1 aliphatic carbocycles. The van der Waals surface area contributed by atoms with E-state index in [1.165, 1.54) is 6.26 Å². The zero-order valence-corrected chi connectivity index (χ0v) is 11.6. The molecule has 1 fully saturated rings. The van der Waals surface area contributed by atoms with Gasteiger partial charge in [-0.3, -0.25) is 14.4 Å². The van der Waals surface area contributed by atoms with Gasteiger partial charge in [0.05, 0.1) is 11.7 Å². The molecule has 3 N–H and O–H groups in total. The average molecular weight is 294 g/mol. The first-order valence-electron chi connectivity index (χ1n) is 6.85. The molecule has 2 rings (SSSR count). The molecule has 1 aliphatic rings. The highest BCUT2D eigenvalue weighted by atomic mass is 16.4. The Bertz CT molecular complexity index is 519. The Morgan fingerprint density at radius 1 is 1.29 bits per heavy atom. The van der Waals surface area contributed by atoms with Crippen molar-refractivity contribution in [1.82, 2.24) is 10.6 Å². The number of carbonyl (C=O) groups is 3. The molecule has 0 unspecified atom stereocenters. The first-order valence-corrected chi connectivity index (χ1v) is 6.85. The van der Waals surface area contributed by atoms with Gasteiger partial charge in [-0.15, -0.1) is 0 Å². The van der Waals surface area contributed by atoms with Gasteiger partial charge in [0.2, 0.25) is 5.91 Å². The molecule has 0 spiro atoms. The zero-order chi connectivity index (χ0) is 15.3.